The quantitative estimate of drug-likeness (QED) is 0.257. The standard InChI is InChI=1S/C37H39N/c1-27-8-15-32(16-9-27)36(33-17-10-28(2)11-18-33)21-14-31-22-24-38(25-23-31)37(34-19-12-29(3)13-20-34)35-7-5-6-30(4)26-35/h5-21,26,37H,22-25H2,1-4H3. The van der Waals surface area contributed by atoms with Crippen molar-refractivity contribution in [2.45, 2.75) is 46.6 Å². The summed E-state index contributed by atoms with van der Waals surface area (Å²) >= 11 is 0. The number of rotatable bonds is 6. The summed E-state index contributed by atoms with van der Waals surface area (Å²) in [6.45, 7) is 10.8. The number of hydrogen-bond donors (Lipinski definition) is 0. The van der Waals surface area contributed by atoms with E-state index in [0.29, 0.717) is 6.04 Å². The van der Waals surface area contributed by atoms with Crippen molar-refractivity contribution >= 4 is 5.57 Å². The highest BCUT2D eigenvalue weighted by Gasteiger charge is 2.25. The smallest absolute Gasteiger partial charge is 0.0602 e. The molecule has 1 aliphatic rings. The van der Waals surface area contributed by atoms with Gasteiger partial charge in [0.25, 0.3) is 0 Å². The number of benzene rings is 4. The summed E-state index contributed by atoms with van der Waals surface area (Å²) in [5.41, 5.74) is 13.4. The van der Waals surface area contributed by atoms with Crippen LogP contribution in [-0.4, -0.2) is 18.0 Å². The van der Waals surface area contributed by atoms with Gasteiger partial charge in [-0.2, -0.15) is 0 Å². The van der Waals surface area contributed by atoms with Crippen LogP contribution >= 0.6 is 0 Å². The summed E-state index contributed by atoms with van der Waals surface area (Å²) in [5.74, 6) is 0. The topological polar surface area (TPSA) is 3.24 Å². The molecular weight excluding hydrogens is 458 g/mol. The van der Waals surface area contributed by atoms with E-state index >= 15 is 0 Å². The van der Waals surface area contributed by atoms with Crippen molar-refractivity contribution in [2.75, 3.05) is 13.1 Å². The highest BCUT2D eigenvalue weighted by molar-refractivity contribution is 5.81. The molecule has 1 fully saturated rings. The monoisotopic (exact) mass is 497 g/mol. The molecule has 1 nitrogen and oxygen atoms in total. The Balaban J connectivity index is 1.40. The SMILES string of the molecule is Cc1ccc(C(=CC=C2CCN(C(c3ccc(C)cc3)c3cccc(C)c3)CC2)c2ccc(C)cc2)cc1. The fourth-order valence-corrected chi connectivity index (χ4v) is 5.47. The Morgan fingerprint density at radius 2 is 1.13 bits per heavy atom. The molecular formula is C37H39N. The normalized spacial score (nSPS) is 14.7. The van der Waals surface area contributed by atoms with Gasteiger partial charge in [0.2, 0.25) is 0 Å². The van der Waals surface area contributed by atoms with E-state index in [-0.39, 0.29) is 0 Å². The molecule has 1 unspecified atom stereocenters. The van der Waals surface area contributed by atoms with Crippen molar-refractivity contribution in [3.63, 3.8) is 0 Å². The molecule has 38 heavy (non-hydrogen) atoms. The van der Waals surface area contributed by atoms with Crippen LogP contribution in [0.15, 0.2) is 115 Å². The lowest BCUT2D eigenvalue weighted by atomic mass is 9.92. The first-order chi connectivity index (χ1) is 18.5. The van der Waals surface area contributed by atoms with Crippen molar-refractivity contribution in [1.29, 1.82) is 0 Å². The summed E-state index contributed by atoms with van der Waals surface area (Å²) in [6.07, 6.45) is 6.93. The van der Waals surface area contributed by atoms with Crippen molar-refractivity contribution in [3.05, 3.63) is 159 Å². The van der Waals surface area contributed by atoms with E-state index in [9.17, 15) is 0 Å². The molecule has 4 aromatic carbocycles. The van der Waals surface area contributed by atoms with Gasteiger partial charge in [0.1, 0.15) is 0 Å². The average molecular weight is 498 g/mol. The van der Waals surface area contributed by atoms with Crippen LogP contribution in [0, 0.1) is 27.7 Å². The first-order valence-corrected chi connectivity index (χ1v) is 13.9. The molecule has 1 heteroatoms. The fraction of sp³-hybridized carbons (Fsp3) is 0.243. The first kappa shape index (κ1) is 25.9. The molecule has 192 valence electrons. The summed E-state index contributed by atoms with van der Waals surface area (Å²) in [7, 11) is 0. The number of piperidine rings is 1. The van der Waals surface area contributed by atoms with Crippen LogP contribution in [0.1, 0.15) is 63.4 Å². The lowest BCUT2D eigenvalue weighted by molar-refractivity contribution is 0.210. The van der Waals surface area contributed by atoms with Crippen LogP contribution in [-0.2, 0) is 0 Å². The highest BCUT2D eigenvalue weighted by atomic mass is 15.2. The molecule has 1 saturated heterocycles. The molecule has 0 aliphatic carbocycles. The van der Waals surface area contributed by atoms with Crippen molar-refractivity contribution in [1.82, 2.24) is 4.90 Å². The number of nitrogens with zero attached hydrogens (tertiary/aromatic N) is 1. The van der Waals surface area contributed by atoms with E-state index in [2.05, 4.69) is 142 Å². The molecule has 1 atom stereocenters. The summed E-state index contributed by atoms with van der Waals surface area (Å²) in [4.78, 5) is 2.67. The minimum atomic E-state index is 0.295. The highest BCUT2D eigenvalue weighted by Crippen LogP contribution is 2.33. The van der Waals surface area contributed by atoms with E-state index in [1.165, 1.54) is 55.7 Å². The second kappa shape index (κ2) is 11.8. The molecule has 0 bridgehead atoms. The number of allylic oxidation sites excluding steroid dienone is 2. The molecule has 4 aromatic rings. The van der Waals surface area contributed by atoms with Crippen LogP contribution < -0.4 is 0 Å². The van der Waals surface area contributed by atoms with Gasteiger partial charge in [-0.1, -0.05) is 137 Å². The second-order valence-electron chi connectivity index (χ2n) is 10.9. The van der Waals surface area contributed by atoms with Gasteiger partial charge >= 0.3 is 0 Å². The Morgan fingerprint density at radius 3 is 1.66 bits per heavy atom. The molecule has 1 heterocycles. The van der Waals surface area contributed by atoms with Crippen molar-refractivity contribution < 1.29 is 0 Å². The van der Waals surface area contributed by atoms with E-state index in [4.69, 9.17) is 0 Å². The lowest BCUT2D eigenvalue weighted by Crippen LogP contribution is -2.35. The van der Waals surface area contributed by atoms with Crippen LogP contribution in [0.3, 0.4) is 0 Å². The maximum Gasteiger partial charge on any atom is 0.0602 e. The third-order valence-corrected chi connectivity index (χ3v) is 7.77. The zero-order chi connectivity index (χ0) is 26.5. The Bertz CT molecular complexity index is 1360. The predicted octanol–water partition coefficient (Wildman–Crippen LogP) is 9.16. The van der Waals surface area contributed by atoms with E-state index < -0.39 is 0 Å². The molecule has 1 aliphatic heterocycles. The Labute approximate surface area is 229 Å². The van der Waals surface area contributed by atoms with Gasteiger partial charge in [0, 0.05) is 13.1 Å². The third kappa shape index (κ3) is 6.23. The van der Waals surface area contributed by atoms with Gasteiger partial charge in [0.15, 0.2) is 0 Å². The van der Waals surface area contributed by atoms with Gasteiger partial charge in [-0.3, -0.25) is 4.90 Å². The zero-order valence-electron chi connectivity index (χ0n) is 23.2. The Hall–Kier alpha value is -3.68. The van der Waals surface area contributed by atoms with E-state index in [1.54, 1.807) is 0 Å². The Morgan fingerprint density at radius 1 is 0.605 bits per heavy atom. The molecule has 0 aromatic heterocycles. The molecule has 0 saturated carbocycles. The van der Waals surface area contributed by atoms with Crippen LogP contribution in [0.4, 0.5) is 0 Å². The summed E-state index contributed by atoms with van der Waals surface area (Å²) < 4.78 is 0. The summed E-state index contributed by atoms with van der Waals surface area (Å²) in [6, 6.07) is 36.3. The number of hydrogen-bond acceptors (Lipinski definition) is 1. The maximum absolute atomic E-state index is 2.67. The van der Waals surface area contributed by atoms with Crippen LogP contribution in [0.2, 0.25) is 0 Å². The first-order valence-electron chi connectivity index (χ1n) is 13.9. The second-order valence-corrected chi connectivity index (χ2v) is 10.9. The van der Waals surface area contributed by atoms with Crippen molar-refractivity contribution in [2.24, 2.45) is 0 Å². The molecule has 5 rings (SSSR count). The van der Waals surface area contributed by atoms with Crippen LogP contribution in [0.5, 0.6) is 0 Å². The minimum absolute atomic E-state index is 0.295. The van der Waals surface area contributed by atoms with Crippen molar-refractivity contribution in [3.8, 4) is 0 Å². The minimum Gasteiger partial charge on any atom is -0.292 e. The van der Waals surface area contributed by atoms with Gasteiger partial charge < -0.3 is 0 Å². The summed E-state index contributed by atoms with van der Waals surface area (Å²) in [5, 5.41) is 0. The third-order valence-electron chi connectivity index (χ3n) is 7.77. The maximum atomic E-state index is 2.67. The van der Waals surface area contributed by atoms with Gasteiger partial charge in [0.05, 0.1) is 6.04 Å². The zero-order valence-corrected chi connectivity index (χ0v) is 23.2. The molecule has 0 spiro atoms. The number of likely N-dealkylation sites (tertiary alicyclic amines) is 1. The number of aryl methyl sites for hydroxylation is 4. The van der Waals surface area contributed by atoms with Gasteiger partial charge in [-0.25, -0.2) is 0 Å². The fourth-order valence-electron chi connectivity index (χ4n) is 5.47. The van der Waals surface area contributed by atoms with Gasteiger partial charge in [-0.15, -0.1) is 0 Å². The van der Waals surface area contributed by atoms with Crippen LogP contribution in [0.25, 0.3) is 5.57 Å². The predicted molar refractivity (Wildman–Crippen MR) is 163 cm³/mol. The molecule has 0 radical (unpaired) electrons. The molecule has 0 amide bonds. The lowest BCUT2D eigenvalue weighted by Gasteiger charge is -2.36. The molecule has 0 N–H and O–H groups in total. The average Bonchev–Trinajstić information content (AvgIpc) is 2.93. The largest absolute Gasteiger partial charge is 0.292 e. The van der Waals surface area contributed by atoms with E-state index in [0.717, 1.165) is 25.9 Å². The Kier molecular flexibility index (Phi) is 8.05. The van der Waals surface area contributed by atoms with E-state index in [1.807, 2.05) is 0 Å². The van der Waals surface area contributed by atoms with Gasteiger partial charge in [-0.05, 0) is 68.4 Å².